The molecule has 1 amide bonds. The lowest BCUT2D eigenvalue weighted by Crippen LogP contribution is -2.32. The zero-order chi connectivity index (χ0) is 20.2. The summed E-state index contributed by atoms with van der Waals surface area (Å²) in [4.78, 5) is 23.9. The van der Waals surface area contributed by atoms with Crippen LogP contribution in [0.1, 0.15) is 29.6 Å². The maximum Gasteiger partial charge on any atom is 0.261 e. The van der Waals surface area contributed by atoms with Crippen LogP contribution in [0.15, 0.2) is 41.9 Å². The molecule has 150 valence electrons. The number of benzene rings is 1. The number of ether oxygens (including phenoxy) is 1. The van der Waals surface area contributed by atoms with Crippen molar-refractivity contribution in [1.29, 1.82) is 0 Å². The van der Waals surface area contributed by atoms with Gasteiger partial charge in [0.2, 0.25) is 0 Å². The normalized spacial score (nSPS) is 13.9. The number of hydrogen-bond donors (Lipinski definition) is 1. The van der Waals surface area contributed by atoms with Crippen LogP contribution in [0, 0.1) is 5.82 Å². The second-order valence-electron chi connectivity index (χ2n) is 6.76. The Morgan fingerprint density at radius 3 is 2.86 bits per heavy atom. The molecule has 0 aliphatic carbocycles. The number of nitrogens with zero attached hydrogens (tertiary/aromatic N) is 3. The summed E-state index contributed by atoms with van der Waals surface area (Å²) in [6.07, 6.45) is 5.11. The summed E-state index contributed by atoms with van der Waals surface area (Å²) >= 11 is 1.28. The standard InChI is InChI=1S/C21H21FN4O2S/c1-28-18-8-7-14(22)12-16(18)17-13-29-21(24-17)25-20(27)15-6-5-9-23-19(15)26-10-3-2-4-11-26/h5-9,12-13H,2-4,10-11H2,1H3,(H,24,25,27). The smallest absolute Gasteiger partial charge is 0.261 e. The molecule has 1 N–H and O–H groups in total. The third-order valence-electron chi connectivity index (χ3n) is 4.85. The number of halogens is 1. The van der Waals surface area contributed by atoms with Crippen LogP contribution in [0.2, 0.25) is 0 Å². The number of methoxy groups -OCH3 is 1. The van der Waals surface area contributed by atoms with E-state index in [1.165, 1.54) is 37.0 Å². The summed E-state index contributed by atoms with van der Waals surface area (Å²) in [5.74, 6) is 0.592. The third-order valence-corrected chi connectivity index (χ3v) is 5.61. The van der Waals surface area contributed by atoms with Crippen LogP contribution in [0.25, 0.3) is 11.3 Å². The van der Waals surface area contributed by atoms with E-state index in [1.54, 1.807) is 29.8 Å². The Labute approximate surface area is 172 Å². The van der Waals surface area contributed by atoms with Crippen LogP contribution in [-0.2, 0) is 0 Å². The number of piperidine rings is 1. The molecular formula is C21H21FN4O2S. The van der Waals surface area contributed by atoms with Gasteiger partial charge in [-0.1, -0.05) is 0 Å². The van der Waals surface area contributed by atoms with E-state index >= 15 is 0 Å². The molecule has 1 fully saturated rings. The summed E-state index contributed by atoms with van der Waals surface area (Å²) in [5, 5.41) is 5.05. The number of pyridine rings is 1. The van der Waals surface area contributed by atoms with Gasteiger partial charge in [0.05, 0.1) is 18.4 Å². The minimum absolute atomic E-state index is 0.259. The van der Waals surface area contributed by atoms with E-state index in [0.29, 0.717) is 33.5 Å². The van der Waals surface area contributed by atoms with Crippen molar-refractivity contribution in [3.05, 3.63) is 53.3 Å². The minimum atomic E-state index is -0.374. The predicted molar refractivity (Wildman–Crippen MR) is 112 cm³/mol. The predicted octanol–water partition coefficient (Wildman–Crippen LogP) is 4.60. The Bertz CT molecular complexity index is 1020. The van der Waals surface area contributed by atoms with Crippen LogP contribution >= 0.6 is 11.3 Å². The number of rotatable bonds is 5. The van der Waals surface area contributed by atoms with E-state index in [2.05, 4.69) is 20.2 Å². The van der Waals surface area contributed by atoms with E-state index in [4.69, 9.17) is 4.74 Å². The van der Waals surface area contributed by atoms with Gasteiger partial charge in [-0.15, -0.1) is 11.3 Å². The van der Waals surface area contributed by atoms with Gasteiger partial charge in [-0.2, -0.15) is 0 Å². The number of carbonyl (C=O) groups is 1. The number of amides is 1. The van der Waals surface area contributed by atoms with E-state index in [1.807, 2.05) is 0 Å². The lowest BCUT2D eigenvalue weighted by Gasteiger charge is -2.28. The van der Waals surface area contributed by atoms with Crippen molar-refractivity contribution in [3.8, 4) is 17.0 Å². The van der Waals surface area contributed by atoms with Crippen molar-refractivity contribution < 1.29 is 13.9 Å². The molecule has 0 bridgehead atoms. The molecule has 0 unspecified atom stereocenters. The molecule has 0 atom stereocenters. The van der Waals surface area contributed by atoms with E-state index in [0.717, 1.165) is 25.9 Å². The number of anilines is 2. The number of hydrogen-bond acceptors (Lipinski definition) is 6. The minimum Gasteiger partial charge on any atom is -0.496 e. The Kier molecular flexibility index (Phi) is 5.71. The molecule has 0 radical (unpaired) electrons. The highest BCUT2D eigenvalue weighted by Crippen LogP contribution is 2.33. The van der Waals surface area contributed by atoms with Crippen LogP contribution in [0.5, 0.6) is 5.75 Å². The Hall–Kier alpha value is -3.00. The van der Waals surface area contributed by atoms with Crippen molar-refractivity contribution in [2.45, 2.75) is 19.3 Å². The third kappa shape index (κ3) is 4.22. The highest BCUT2D eigenvalue weighted by molar-refractivity contribution is 7.14. The van der Waals surface area contributed by atoms with Gasteiger partial charge < -0.3 is 9.64 Å². The van der Waals surface area contributed by atoms with Gasteiger partial charge in [0.15, 0.2) is 5.13 Å². The van der Waals surface area contributed by atoms with Crippen molar-refractivity contribution in [1.82, 2.24) is 9.97 Å². The van der Waals surface area contributed by atoms with Gasteiger partial charge in [-0.25, -0.2) is 14.4 Å². The molecular weight excluding hydrogens is 391 g/mol. The van der Waals surface area contributed by atoms with E-state index in [9.17, 15) is 9.18 Å². The number of aromatic nitrogens is 2. The molecule has 1 aliphatic rings. The molecule has 29 heavy (non-hydrogen) atoms. The molecule has 3 aromatic rings. The highest BCUT2D eigenvalue weighted by Gasteiger charge is 2.21. The van der Waals surface area contributed by atoms with Gasteiger partial charge in [0.25, 0.3) is 5.91 Å². The Morgan fingerprint density at radius 1 is 1.24 bits per heavy atom. The summed E-state index contributed by atoms with van der Waals surface area (Å²) in [6.45, 7) is 1.80. The van der Waals surface area contributed by atoms with Crippen molar-refractivity contribution in [2.75, 3.05) is 30.4 Å². The second kappa shape index (κ2) is 8.57. The molecule has 1 saturated heterocycles. The van der Waals surface area contributed by atoms with Crippen molar-refractivity contribution in [3.63, 3.8) is 0 Å². The topological polar surface area (TPSA) is 67.3 Å². The molecule has 4 rings (SSSR count). The molecule has 1 aromatic carbocycles. The lowest BCUT2D eigenvalue weighted by atomic mass is 10.1. The monoisotopic (exact) mass is 412 g/mol. The summed E-state index contributed by atoms with van der Waals surface area (Å²) in [7, 11) is 1.52. The van der Waals surface area contributed by atoms with E-state index < -0.39 is 0 Å². The zero-order valence-electron chi connectivity index (χ0n) is 16.0. The Balaban J connectivity index is 1.56. The van der Waals surface area contributed by atoms with Crippen LogP contribution in [0.3, 0.4) is 0 Å². The average molecular weight is 412 g/mol. The molecule has 0 spiro atoms. The number of carbonyl (C=O) groups excluding carboxylic acids is 1. The average Bonchev–Trinajstić information content (AvgIpc) is 3.22. The van der Waals surface area contributed by atoms with Crippen LogP contribution < -0.4 is 15.0 Å². The lowest BCUT2D eigenvalue weighted by molar-refractivity contribution is 0.102. The first-order valence-electron chi connectivity index (χ1n) is 9.46. The zero-order valence-corrected chi connectivity index (χ0v) is 16.8. The highest BCUT2D eigenvalue weighted by atomic mass is 32.1. The first kappa shape index (κ1) is 19.3. The van der Waals surface area contributed by atoms with Crippen molar-refractivity contribution in [2.24, 2.45) is 0 Å². The quantitative estimate of drug-likeness (QED) is 0.664. The number of thiazole rings is 1. The molecule has 6 nitrogen and oxygen atoms in total. The molecule has 1 aliphatic heterocycles. The van der Waals surface area contributed by atoms with Crippen LogP contribution in [-0.4, -0.2) is 36.1 Å². The summed E-state index contributed by atoms with van der Waals surface area (Å²) in [6, 6.07) is 7.80. The van der Waals surface area contributed by atoms with Gasteiger partial charge in [0, 0.05) is 30.2 Å². The van der Waals surface area contributed by atoms with Crippen LogP contribution in [0.4, 0.5) is 15.3 Å². The first-order valence-corrected chi connectivity index (χ1v) is 10.3. The number of nitrogens with one attached hydrogen (secondary N) is 1. The van der Waals surface area contributed by atoms with Gasteiger partial charge in [-0.3, -0.25) is 10.1 Å². The molecule has 3 heterocycles. The maximum absolute atomic E-state index is 13.7. The fourth-order valence-electron chi connectivity index (χ4n) is 3.43. The summed E-state index contributed by atoms with van der Waals surface area (Å²) in [5.41, 5.74) is 1.61. The maximum atomic E-state index is 13.7. The van der Waals surface area contributed by atoms with E-state index in [-0.39, 0.29) is 11.7 Å². The Morgan fingerprint density at radius 2 is 2.07 bits per heavy atom. The second-order valence-corrected chi connectivity index (χ2v) is 7.62. The molecule has 0 saturated carbocycles. The molecule has 2 aromatic heterocycles. The van der Waals surface area contributed by atoms with Gasteiger partial charge in [-0.05, 0) is 49.6 Å². The largest absolute Gasteiger partial charge is 0.496 e. The first-order chi connectivity index (χ1) is 14.2. The SMILES string of the molecule is COc1ccc(F)cc1-c1csc(NC(=O)c2cccnc2N2CCCCC2)n1. The summed E-state index contributed by atoms with van der Waals surface area (Å²) < 4.78 is 19.0. The van der Waals surface area contributed by atoms with Gasteiger partial charge in [0.1, 0.15) is 17.4 Å². The fourth-order valence-corrected chi connectivity index (χ4v) is 4.14. The van der Waals surface area contributed by atoms with Crippen molar-refractivity contribution >= 4 is 28.2 Å². The molecule has 8 heteroatoms. The fraction of sp³-hybridized carbons (Fsp3) is 0.286. The van der Waals surface area contributed by atoms with Gasteiger partial charge >= 0.3 is 0 Å².